The smallest absolute Gasteiger partial charge is 0.170 e. The Labute approximate surface area is 105 Å². The summed E-state index contributed by atoms with van der Waals surface area (Å²) in [5.41, 5.74) is 0.978. The van der Waals surface area contributed by atoms with Crippen LogP contribution in [0.4, 0.5) is 5.69 Å². The Morgan fingerprint density at radius 3 is 2.82 bits per heavy atom. The molecule has 0 aliphatic heterocycles. The van der Waals surface area contributed by atoms with Gasteiger partial charge in [0.05, 0.1) is 12.7 Å². The summed E-state index contributed by atoms with van der Waals surface area (Å²) in [4.78, 5) is 0. The minimum absolute atomic E-state index is 0.608. The number of nitrogens with zero attached hydrogens (tertiary/aromatic N) is 3. The summed E-state index contributed by atoms with van der Waals surface area (Å²) in [5, 5.41) is 14.4. The van der Waals surface area contributed by atoms with E-state index in [4.69, 9.17) is 12.2 Å². The maximum Gasteiger partial charge on any atom is 0.170 e. The van der Waals surface area contributed by atoms with Crippen LogP contribution >= 0.6 is 12.2 Å². The highest BCUT2D eigenvalue weighted by molar-refractivity contribution is 7.80. The van der Waals surface area contributed by atoms with Crippen molar-refractivity contribution in [2.24, 2.45) is 0 Å². The number of para-hydroxylation sites is 1. The molecule has 0 aliphatic carbocycles. The summed E-state index contributed by atoms with van der Waals surface area (Å²) in [5.74, 6) is 0. The van der Waals surface area contributed by atoms with Crippen molar-refractivity contribution >= 4 is 23.0 Å². The lowest BCUT2D eigenvalue weighted by Gasteiger charge is -2.09. The van der Waals surface area contributed by atoms with E-state index in [2.05, 4.69) is 20.9 Å². The summed E-state index contributed by atoms with van der Waals surface area (Å²) in [7, 11) is 0. The van der Waals surface area contributed by atoms with E-state index < -0.39 is 0 Å². The first-order valence-corrected chi connectivity index (χ1v) is 5.69. The van der Waals surface area contributed by atoms with Crippen molar-refractivity contribution in [3.63, 3.8) is 0 Å². The van der Waals surface area contributed by atoms with Crippen molar-refractivity contribution in [2.75, 3.05) is 11.9 Å². The molecule has 0 amide bonds. The van der Waals surface area contributed by atoms with Gasteiger partial charge in [-0.1, -0.05) is 23.4 Å². The highest BCUT2D eigenvalue weighted by Gasteiger charge is 1.96. The topological polar surface area (TPSA) is 54.8 Å². The zero-order chi connectivity index (χ0) is 11.9. The zero-order valence-corrected chi connectivity index (χ0v) is 10.0. The quantitative estimate of drug-likeness (QED) is 0.797. The average molecular weight is 247 g/mol. The molecule has 5 nitrogen and oxygen atoms in total. The number of rotatable bonds is 4. The number of anilines is 1. The standard InChI is InChI=1S/C11H13N5S/c17-11(14-10-4-2-1-3-5-10)12-6-8-16-9-7-13-15-16/h1-5,7,9H,6,8H2,(H2,12,14,17). The van der Waals surface area contributed by atoms with Crippen LogP contribution in [0.25, 0.3) is 0 Å². The van der Waals surface area contributed by atoms with Crippen molar-refractivity contribution in [3.05, 3.63) is 42.7 Å². The lowest BCUT2D eigenvalue weighted by Crippen LogP contribution is -2.31. The molecule has 0 saturated carbocycles. The summed E-state index contributed by atoms with van der Waals surface area (Å²) in [6.45, 7) is 1.44. The van der Waals surface area contributed by atoms with E-state index in [0.717, 1.165) is 12.2 Å². The SMILES string of the molecule is S=C(NCCn1ccnn1)Nc1ccccc1. The Morgan fingerprint density at radius 1 is 1.29 bits per heavy atom. The molecule has 17 heavy (non-hydrogen) atoms. The van der Waals surface area contributed by atoms with Gasteiger partial charge in [0.1, 0.15) is 0 Å². The fourth-order valence-electron chi connectivity index (χ4n) is 1.33. The van der Waals surface area contributed by atoms with E-state index in [-0.39, 0.29) is 0 Å². The monoisotopic (exact) mass is 247 g/mol. The maximum atomic E-state index is 5.16. The Balaban J connectivity index is 1.71. The van der Waals surface area contributed by atoms with E-state index in [1.54, 1.807) is 10.9 Å². The van der Waals surface area contributed by atoms with E-state index in [1.165, 1.54) is 0 Å². The number of nitrogens with one attached hydrogen (secondary N) is 2. The lowest BCUT2D eigenvalue weighted by molar-refractivity contribution is 0.581. The lowest BCUT2D eigenvalue weighted by atomic mass is 10.3. The van der Waals surface area contributed by atoms with Gasteiger partial charge in [0.2, 0.25) is 0 Å². The third-order valence-electron chi connectivity index (χ3n) is 2.13. The molecule has 1 heterocycles. The first kappa shape index (κ1) is 11.5. The summed E-state index contributed by atoms with van der Waals surface area (Å²) in [6.07, 6.45) is 3.47. The number of hydrogen-bond acceptors (Lipinski definition) is 3. The van der Waals surface area contributed by atoms with Gasteiger partial charge in [-0.3, -0.25) is 4.68 Å². The van der Waals surface area contributed by atoms with Gasteiger partial charge >= 0.3 is 0 Å². The van der Waals surface area contributed by atoms with Gasteiger partial charge < -0.3 is 10.6 Å². The van der Waals surface area contributed by atoms with Gasteiger partial charge in [-0.05, 0) is 24.4 Å². The molecule has 2 rings (SSSR count). The van der Waals surface area contributed by atoms with Gasteiger partial charge in [-0.25, -0.2) is 0 Å². The van der Waals surface area contributed by atoms with Crippen LogP contribution in [-0.4, -0.2) is 26.7 Å². The molecule has 1 aromatic heterocycles. The van der Waals surface area contributed by atoms with Crippen LogP contribution in [0.1, 0.15) is 0 Å². The van der Waals surface area contributed by atoms with Gasteiger partial charge in [-0.15, -0.1) is 5.10 Å². The van der Waals surface area contributed by atoms with Crippen molar-refractivity contribution in [2.45, 2.75) is 6.54 Å². The molecule has 1 aromatic carbocycles. The van der Waals surface area contributed by atoms with Crippen molar-refractivity contribution < 1.29 is 0 Å². The van der Waals surface area contributed by atoms with Crippen LogP contribution in [0.2, 0.25) is 0 Å². The van der Waals surface area contributed by atoms with Crippen LogP contribution in [-0.2, 0) is 6.54 Å². The predicted octanol–water partition coefficient (Wildman–Crippen LogP) is 1.26. The minimum Gasteiger partial charge on any atom is -0.361 e. The second-order valence-corrected chi connectivity index (χ2v) is 3.82. The third kappa shape index (κ3) is 3.84. The minimum atomic E-state index is 0.608. The molecule has 2 N–H and O–H groups in total. The van der Waals surface area contributed by atoms with E-state index >= 15 is 0 Å². The first-order chi connectivity index (χ1) is 8.34. The molecular formula is C11H13N5S. The van der Waals surface area contributed by atoms with Gasteiger partial charge in [0.25, 0.3) is 0 Å². The fraction of sp³-hybridized carbons (Fsp3) is 0.182. The van der Waals surface area contributed by atoms with E-state index in [1.807, 2.05) is 36.5 Å². The van der Waals surface area contributed by atoms with Gasteiger partial charge in [0.15, 0.2) is 5.11 Å². The fourth-order valence-corrected chi connectivity index (χ4v) is 1.55. The Bertz CT molecular complexity index is 454. The summed E-state index contributed by atoms with van der Waals surface area (Å²) < 4.78 is 1.75. The van der Waals surface area contributed by atoms with Crippen LogP contribution in [0.5, 0.6) is 0 Å². The zero-order valence-electron chi connectivity index (χ0n) is 9.21. The largest absolute Gasteiger partial charge is 0.361 e. The Hall–Kier alpha value is -1.95. The Kier molecular flexibility index (Phi) is 4.04. The molecule has 0 aliphatic rings. The third-order valence-corrected chi connectivity index (χ3v) is 2.38. The van der Waals surface area contributed by atoms with Crippen molar-refractivity contribution in [1.29, 1.82) is 0 Å². The van der Waals surface area contributed by atoms with Crippen molar-refractivity contribution in [3.8, 4) is 0 Å². The van der Waals surface area contributed by atoms with Crippen LogP contribution in [0.3, 0.4) is 0 Å². The van der Waals surface area contributed by atoms with Crippen LogP contribution < -0.4 is 10.6 Å². The van der Waals surface area contributed by atoms with E-state index in [0.29, 0.717) is 11.7 Å². The molecule has 6 heteroatoms. The second-order valence-electron chi connectivity index (χ2n) is 3.41. The van der Waals surface area contributed by atoms with E-state index in [9.17, 15) is 0 Å². The summed E-state index contributed by atoms with van der Waals surface area (Å²) in [6, 6.07) is 9.81. The first-order valence-electron chi connectivity index (χ1n) is 5.28. The molecule has 0 bridgehead atoms. The number of benzene rings is 1. The molecule has 2 aromatic rings. The molecule has 0 saturated heterocycles. The van der Waals surface area contributed by atoms with Gasteiger partial charge in [0, 0.05) is 18.4 Å². The Morgan fingerprint density at radius 2 is 2.12 bits per heavy atom. The molecule has 0 spiro atoms. The number of hydrogen-bond donors (Lipinski definition) is 2. The summed E-state index contributed by atoms with van der Waals surface area (Å²) >= 11 is 5.16. The normalized spacial score (nSPS) is 9.88. The van der Waals surface area contributed by atoms with Crippen LogP contribution in [0.15, 0.2) is 42.7 Å². The van der Waals surface area contributed by atoms with Crippen molar-refractivity contribution in [1.82, 2.24) is 20.3 Å². The highest BCUT2D eigenvalue weighted by atomic mass is 32.1. The molecular weight excluding hydrogens is 234 g/mol. The predicted molar refractivity (Wildman–Crippen MR) is 70.7 cm³/mol. The molecule has 0 fully saturated rings. The maximum absolute atomic E-state index is 5.16. The number of thiocarbonyl (C=S) groups is 1. The second kappa shape index (κ2) is 5.95. The molecule has 0 radical (unpaired) electrons. The molecule has 0 atom stereocenters. The molecule has 88 valence electrons. The van der Waals surface area contributed by atoms with Crippen LogP contribution in [0, 0.1) is 0 Å². The van der Waals surface area contributed by atoms with Gasteiger partial charge in [-0.2, -0.15) is 0 Å². The molecule has 0 unspecified atom stereocenters. The number of aromatic nitrogens is 3. The highest BCUT2D eigenvalue weighted by Crippen LogP contribution is 2.03. The average Bonchev–Trinajstić information content (AvgIpc) is 2.83.